The Morgan fingerprint density at radius 3 is 2.74 bits per heavy atom. The molecule has 1 aromatic rings. The summed E-state index contributed by atoms with van der Waals surface area (Å²) in [5.41, 5.74) is 1.17. The highest BCUT2D eigenvalue weighted by Crippen LogP contribution is 2.20. The summed E-state index contributed by atoms with van der Waals surface area (Å²) in [5, 5.41) is 3.20. The van der Waals surface area contributed by atoms with Gasteiger partial charge in [-0.15, -0.1) is 12.4 Å². The lowest BCUT2D eigenvalue weighted by Crippen LogP contribution is -2.39. The average Bonchev–Trinajstić information content (AvgIpc) is 2.53. The summed E-state index contributed by atoms with van der Waals surface area (Å²) in [5.74, 6) is 1.83. The Morgan fingerprint density at radius 2 is 2.09 bits per heavy atom. The fraction of sp³-hybridized carbons (Fsp3) is 0.611. The maximum atomic E-state index is 12.2. The number of likely N-dealkylation sites (tertiary alicyclic amines) is 1. The SMILES string of the molecule is CNCCC1CCN(C(=O)CCOc2cccc(C)c2)CC1.Cl. The van der Waals surface area contributed by atoms with Gasteiger partial charge in [0.1, 0.15) is 5.75 Å². The molecule has 2 rings (SSSR count). The molecule has 1 heterocycles. The first-order chi connectivity index (χ1) is 10.7. The maximum Gasteiger partial charge on any atom is 0.225 e. The first kappa shape index (κ1) is 19.8. The minimum Gasteiger partial charge on any atom is -0.493 e. The van der Waals surface area contributed by atoms with Crippen LogP contribution in [0.2, 0.25) is 0 Å². The monoisotopic (exact) mass is 340 g/mol. The second-order valence-corrected chi connectivity index (χ2v) is 6.13. The Hall–Kier alpha value is -1.26. The number of aryl methyl sites for hydroxylation is 1. The third kappa shape index (κ3) is 6.80. The number of carbonyl (C=O) groups excluding carboxylic acids is 1. The number of hydrogen-bond donors (Lipinski definition) is 1. The van der Waals surface area contributed by atoms with Crippen LogP contribution in [0.5, 0.6) is 5.75 Å². The molecule has 0 atom stereocenters. The number of piperidine rings is 1. The van der Waals surface area contributed by atoms with Gasteiger partial charge in [0.15, 0.2) is 0 Å². The zero-order valence-electron chi connectivity index (χ0n) is 14.2. The van der Waals surface area contributed by atoms with Crippen LogP contribution in [0.1, 0.15) is 31.2 Å². The summed E-state index contributed by atoms with van der Waals surface area (Å²) in [6.07, 6.45) is 3.95. The van der Waals surface area contributed by atoms with Crippen molar-refractivity contribution in [2.24, 2.45) is 5.92 Å². The molecule has 1 aromatic carbocycles. The maximum absolute atomic E-state index is 12.2. The number of benzene rings is 1. The largest absolute Gasteiger partial charge is 0.493 e. The molecule has 130 valence electrons. The molecule has 1 N–H and O–H groups in total. The van der Waals surface area contributed by atoms with Crippen molar-refractivity contribution >= 4 is 18.3 Å². The van der Waals surface area contributed by atoms with Crippen LogP contribution in [0.15, 0.2) is 24.3 Å². The molecule has 5 heteroatoms. The van der Waals surface area contributed by atoms with Gasteiger partial charge in [0.2, 0.25) is 5.91 Å². The Kier molecular flexibility index (Phi) is 9.03. The predicted molar refractivity (Wildman–Crippen MR) is 96.4 cm³/mol. The van der Waals surface area contributed by atoms with E-state index >= 15 is 0 Å². The summed E-state index contributed by atoms with van der Waals surface area (Å²) < 4.78 is 5.67. The normalized spacial score (nSPS) is 15.1. The van der Waals surface area contributed by atoms with Crippen LogP contribution >= 0.6 is 12.4 Å². The smallest absolute Gasteiger partial charge is 0.225 e. The van der Waals surface area contributed by atoms with Crippen molar-refractivity contribution in [2.75, 3.05) is 33.3 Å². The molecule has 0 saturated carbocycles. The Morgan fingerprint density at radius 1 is 1.35 bits per heavy atom. The standard InChI is InChI=1S/C18H28N2O2.ClH/c1-15-4-3-5-17(14-15)22-13-9-18(21)20-11-7-16(8-12-20)6-10-19-2;/h3-5,14,16,19H,6-13H2,1-2H3;1H. The number of nitrogens with one attached hydrogen (secondary N) is 1. The highest BCUT2D eigenvalue weighted by molar-refractivity contribution is 5.85. The first-order valence-corrected chi connectivity index (χ1v) is 8.31. The second-order valence-electron chi connectivity index (χ2n) is 6.13. The molecule has 0 aromatic heterocycles. The van der Waals surface area contributed by atoms with E-state index in [2.05, 4.69) is 5.32 Å². The van der Waals surface area contributed by atoms with Gasteiger partial charge in [-0.3, -0.25) is 4.79 Å². The van der Waals surface area contributed by atoms with Crippen LogP contribution in [0.3, 0.4) is 0 Å². The molecule has 0 bridgehead atoms. The third-order valence-corrected chi connectivity index (χ3v) is 4.34. The van der Waals surface area contributed by atoms with Gasteiger partial charge >= 0.3 is 0 Å². The number of ether oxygens (including phenoxy) is 1. The molecule has 0 spiro atoms. The van der Waals surface area contributed by atoms with Gasteiger partial charge in [0.25, 0.3) is 0 Å². The second kappa shape index (κ2) is 10.5. The van der Waals surface area contributed by atoms with Crippen LogP contribution in [-0.4, -0.2) is 44.1 Å². The summed E-state index contributed by atoms with van der Waals surface area (Å²) in [7, 11) is 1.99. The molecule has 0 aliphatic carbocycles. The molecular weight excluding hydrogens is 312 g/mol. The van der Waals surface area contributed by atoms with E-state index in [9.17, 15) is 4.79 Å². The fourth-order valence-electron chi connectivity index (χ4n) is 2.94. The molecule has 1 saturated heterocycles. The van der Waals surface area contributed by atoms with Gasteiger partial charge in [0, 0.05) is 13.1 Å². The Bertz CT molecular complexity index is 474. The van der Waals surface area contributed by atoms with E-state index in [-0.39, 0.29) is 18.3 Å². The molecule has 1 aliphatic rings. The molecule has 23 heavy (non-hydrogen) atoms. The van der Waals surface area contributed by atoms with Crippen LogP contribution in [0, 0.1) is 12.8 Å². The van der Waals surface area contributed by atoms with E-state index in [1.807, 2.05) is 43.1 Å². The third-order valence-electron chi connectivity index (χ3n) is 4.34. The highest BCUT2D eigenvalue weighted by Gasteiger charge is 2.22. The summed E-state index contributed by atoms with van der Waals surface area (Å²) in [6, 6.07) is 7.95. The Labute approximate surface area is 146 Å². The van der Waals surface area contributed by atoms with Gasteiger partial charge in [0.05, 0.1) is 13.0 Å². The zero-order valence-corrected chi connectivity index (χ0v) is 15.0. The summed E-state index contributed by atoms with van der Waals surface area (Å²) >= 11 is 0. The molecule has 0 radical (unpaired) electrons. The van der Waals surface area contributed by atoms with E-state index in [4.69, 9.17) is 4.74 Å². The van der Waals surface area contributed by atoms with E-state index in [0.29, 0.717) is 13.0 Å². The van der Waals surface area contributed by atoms with Crippen molar-refractivity contribution in [1.29, 1.82) is 0 Å². The van der Waals surface area contributed by atoms with Crippen molar-refractivity contribution in [3.8, 4) is 5.75 Å². The van der Waals surface area contributed by atoms with E-state index < -0.39 is 0 Å². The lowest BCUT2D eigenvalue weighted by molar-refractivity contribution is -0.133. The zero-order chi connectivity index (χ0) is 15.8. The fourth-order valence-corrected chi connectivity index (χ4v) is 2.94. The number of hydrogen-bond acceptors (Lipinski definition) is 3. The lowest BCUT2D eigenvalue weighted by atomic mass is 9.93. The molecule has 1 fully saturated rings. The topological polar surface area (TPSA) is 41.6 Å². The van der Waals surface area contributed by atoms with E-state index in [1.54, 1.807) is 0 Å². The lowest BCUT2D eigenvalue weighted by Gasteiger charge is -2.32. The number of nitrogens with zero attached hydrogens (tertiary/aromatic N) is 1. The first-order valence-electron chi connectivity index (χ1n) is 8.31. The molecule has 0 unspecified atom stereocenters. The van der Waals surface area contributed by atoms with Crippen LogP contribution < -0.4 is 10.1 Å². The molecule has 4 nitrogen and oxygen atoms in total. The van der Waals surface area contributed by atoms with Gasteiger partial charge in [-0.1, -0.05) is 12.1 Å². The molecule has 1 amide bonds. The summed E-state index contributed by atoms with van der Waals surface area (Å²) in [4.78, 5) is 14.2. The number of rotatable bonds is 7. The average molecular weight is 341 g/mol. The summed E-state index contributed by atoms with van der Waals surface area (Å²) in [6.45, 7) is 5.37. The van der Waals surface area contributed by atoms with Gasteiger partial charge in [-0.25, -0.2) is 0 Å². The van der Waals surface area contributed by atoms with Crippen molar-refractivity contribution in [3.63, 3.8) is 0 Å². The van der Waals surface area contributed by atoms with E-state index in [0.717, 1.165) is 44.1 Å². The van der Waals surface area contributed by atoms with Crippen molar-refractivity contribution < 1.29 is 9.53 Å². The van der Waals surface area contributed by atoms with Gasteiger partial charge in [-0.05, 0) is 63.4 Å². The quantitative estimate of drug-likeness (QED) is 0.829. The number of amides is 1. The van der Waals surface area contributed by atoms with Crippen LogP contribution in [0.25, 0.3) is 0 Å². The van der Waals surface area contributed by atoms with Gasteiger partial charge < -0.3 is 15.0 Å². The van der Waals surface area contributed by atoms with Crippen molar-refractivity contribution in [1.82, 2.24) is 10.2 Å². The number of halogens is 1. The minimum atomic E-state index is 0. The van der Waals surface area contributed by atoms with Crippen LogP contribution in [-0.2, 0) is 4.79 Å². The Balaban J connectivity index is 0.00000264. The minimum absolute atomic E-state index is 0. The highest BCUT2D eigenvalue weighted by atomic mass is 35.5. The van der Waals surface area contributed by atoms with Crippen molar-refractivity contribution in [2.45, 2.75) is 32.6 Å². The van der Waals surface area contributed by atoms with Crippen LogP contribution in [0.4, 0.5) is 0 Å². The van der Waals surface area contributed by atoms with Crippen molar-refractivity contribution in [3.05, 3.63) is 29.8 Å². The predicted octanol–water partition coefficient (Wildman–Crippen LogP) is 3.03. The molecular formula is C18H29ClN2O2. The molecule has 1 aliphatic heterocycles. The van der Waals surface area contributed by atoms with E-state index in [1.165, 1.54) is 12.0 Å². The number of carbonyl (C=O) groups is 1. The van der Waals surface area contributed by atoms with Gasteiger partial charge in [-0.2, -0.15) is 0 Å².